The fraction of sp³-hybridized carbons (Fsp3) is 0.400. The summed E-state index contributed by atoms with van der Waals surface area (Å²) in [7, 11) is 0. The first-order valence-corrected chi connectivity index (χ1v) is 11.0. The van der Waals surface area contributed by atoms with Crippen molar-refractivity contribution in [2.45, 2.75) is 39.2 Å². The molecular weight excluding hydrogens is 390 g/mol. The zero-order chi connectivity index (χ0) is 22.0. The highest BCUT2D eigenvalue weighted by Gasteiger charge is 2.41. The Morgan fingerprint density at radius 3 is 2.29 bits per heavy atom. The minimum Gasteiger partial charge on any atom is -0.341 e. The minimum atomic E-state index is -0.751. The largest absolute Gasteiger partial charge is 0.341 e. The fourth-order valence-corrected chi connectivity index (χ4v) is 4.39. The quantitative estimate of drug-likeness (QED) is 0.726. The van der Waals surface area contributed by atoms with Crippen molar-refractivity contribution >= 4 is 23.4 Å². The molecule has 0 radical (unpaired) electrons. The molecule has 6 nitrogen and oxygen atoms in total. The maximum Gasteiger partial charge on any atom is 0.313 e. The number of para-hydroxylation sites is 1. The van der Waals surface area contributed by atoms with Crippen LogP contribution in [0.15, 0.2) is 48.5 Å². The number of likely N-dealkylation sites (tertiary alicyclic amines) is 1. The van der Waals surface area contributed by atoms with E-state index in [9.17, 15) is 14.4 Å². The van der Waals surface area contributed by atoms with Gasteiger partial charge in [-0.15, -0.1) is 0 Å². The molecule has 2 aromatic rings. The summed E-state index contributed by atoms with van der Waals surface area (Å²) in [5.41, 5.74) is 2.59. The smallest absolute Gasteiger partial charge is 0.313 e. The van der Waals surface area contributed by atoms with E-state index in [1.54, 1.807) is 17.0 Å². The molecule has 1 aliphatic heterocycles. The second-order valence-corrected chi connectivity index (χ2v) is 8.69. The Labute approximate surface area is 183 Å². The van der Waals surface area contributed by atoms with Gasteiger partial charge in [0.25, 0.3) is 5.91 Å². The molecule has 0 aromatic heterocycles. The lowest BCUT2D eigenvalue weighted by atomic mass is 10.0. The standard InChI is InChI=1S/C25H29N3O3/c1-16-9-8-12-19(25(31)28-13-6-7-14-28)21(16)26-23(29)24(30)27-22(20-15-17(20)2)18-10-4-3-5-11-18/h3-5,8-12,17,20,22H,6-7,13-15H2,1-2H3,(H,26,29)(H,27,30). The van der Waals surface area contributed by atoms with Crippen molar-refractivity contribution in [1.29, 1.82) is 0 Å². The zero-order valence-corrected chi connectivity index (χ0v) is 18.1. The van der Waals surface area contributed by atoms with Gasteiger partial charge in [-0.2, -0.15) is 0 Å². The number of carbonyl (C=O) groups excluding carboxylic acids is 3. The van der Waals surface area contributed by atoms with Crippen LogP contribution in [0.1, 0.15) is 53.7 Å². The van der Waals surface area contributed by atoms with Gasteiger partial charge in [-0.3, -0.25) is 14.4 Å². The summed E-state index contributed by atoms with van der Waals surface area (Å²) < 4.78 is 0. The van der Waals surface area contributed by atoms with Crippen molar-refractivity contribution < 1.29 is 14.4 Å². The van der Waals surface area contributed by atoms with Crippen LogP contribution in [0.2, 0.25) is 0 Å². The lowest BCUT2D eigenvalue weighted by Crippen LogP contribution is -2.39. The van der Waals surface area contributed by atoms with Gasteiger partial charge >= 0.3 is 11.8 Å². The first-order valence-electron chi connectivity index (χ1n) is 11.0. The van der Waals surface area contributed by atoms with Crippen molar-refractivity contribution in [1.82, 2.24) is 10.2 Å². The average molecular weight is 420 g/mol. The van der Waals surface area contributed by atoms with Crippen molar-refractivity contribution in [3.05, 3.63) is 65.2 Å². The van der Waals surface area contributed by atoms with E-state index in [2.05, 4.69) is 17.6 Å². The molecule has 3 unspecified atom stereocenters. The number of anilines is 1. The molecule has 1 saturated carbocycles. The van der Waals surface area contributed by atoms with E-state index in [-0.39, 0.29) is 11.9 Å². The number of hydrogen-bond acceptors (Lipinski definition) is 3. The predicted octanol–water partition coefficient (Wildman–Crippen LogP) is 3.68. The summed E-state index contributed by atoms with van der Waals surface area (Å²) in [5.74, 6) is -0.708. The van der Waals surface area contributed by atoms with Gasteiger partial charge in [-0.1, -0.05) is 49.4 Å². The van der Waals surface area contributed by atoms with Crippen molar-refractivity contribution in [2.75, 3.05) is 18.4 Å². The fourth-order valence-electron chi connectivity index (χ4n) is 4.39. The Morgan fingerprint density at radius 1 is 0.968 bits per heavy atom. The van der Waals surface area contributed by atoms with E-state index < -0.39 is 11.8 Å². The van der Waals surface area contributed by atoms with Crippen LogP contribution in [-0.2, 0) is 9.59 Å². The molecule has 31 heavy (non-hydrogen) atoms. The summed E-state index contributed by atoms with van der Waals surface area (Å²) in [6, 6.07) is 14.9. The van der Waals surface area contributed by atoms with Crippen LogP contribution in [0, 0.1) is 18.8 Å². The Kier molecular flexibility index (Phi) is 6.07. The van der Waals surface area contributed by atoms with Crippen LogP contribution >= 0.6 is 0 Å². The van der Waals surface area contributed by atoms with E-state index in [0.717, 1.165) is 43.5 Å². The number of aryl methyl sites for hydroxylation is 1. The molecule has 162 valence electrons. The van der Waals surface area contributed by atoms with Gasteiger partial charge in [-0.25, -0.2) is 0 Å². The highest BCUT2D eigenvalue weighted by molar-refractivity contribution is 6.40. The van der Waals surface area contributed by atoms with Gasteiger partial charge in [0.15, 0.2) is 0 Å². The Hall–Kier alpha value is -3.15. The van der Waals surface area contributed by atoms with Gasteiger partial charge in [0.05, 0.1) is 17.3 Å². The third-order valence-corrected chi connectivity index (χ3v) is 6.39. The Balaban J connectivity index is 1.50. The SMILES string of the molecule is Cc1cccc(C(=O)N2CCCC2)c1NC(=O)C(=O)NC(c1ccccc1)C1CC1C. The van der Waals surface area contributed by atoms with Crippen molar-refractivity contribution in [3.8, 4) is 0 Å². The molecule has 2 fully saturated rings. The maximum absolute atomic E-state index is 12.9. The number of amides is 3. The first kappa shape index (κ1) is 21.1. The average Bonchev–Trinajstić information content (AvgIpc) is 3.25. The predicted molar refractivity (Wildman–Crippen MR) is 120 cm³/mol. The monoisotopic (exact) mass is 419 g/mol. The van der Waals surface area contributed by atoms with E-state index in [4.69, 9.17) is 0 Å². The van der Waals surface area contributed by atoms with E-state index >= 15 is 0 Å². The molecule has 4 rings (SSSR count). The molecule has 3 amide bonds. The van der Waals surface area contributed by atoms with Gasteiger partial charge in [0.2, 0.25) is 0 Å². The van der Waals surface area contributed by atoms with E-state index in [1.165, 1.54) is 0 Å². The molecule has 1 heterocycles. The Morgan fingerprint density at radius 2 is 1.65 bits per heavy atom. The second-order valence-electron chi connectivity index (χ2n) is 8.69. The number of nitrogens with zero attached hydrogens (tertiary/aromatic N) is 1. The minimum absolute atomic E-state index is 0.106. The topological polar surface area (TPSA) is 78.5 Å². The molecule has 1 aliphatic carbocycles. The maximum atomic E-state index is 12.9. The third-order valence-electron chi connectivity index (χ3n) is 6.39. The number of benzene rings is 2. The number of nitrogens with one attached hydrogen (secondary N) is 2. The lowest BCUT2D eigenvalue weighted by molar-refractivity contribution is -0.136. The number of hydrogen-bond donors (Lipinski definition) is 2. The molecule has 6 heteroatoms. The van der Waals surface area contributed by atoms with Crippen molar-refractivity contribution in [2.24, 2.45) is 11.8 Å². The molecule has 0 spiro atoms. The van der Waals surface area contributed by atoms with Crippen LogP contribution < -0.4 is 10.6 Å². The lowest BCUT2D eigenvalue weighted by Gasteiger charge is -2.21. The summed E-state index contributed by atoms with van der Waals surface area (Å²) in [6.45, 7) is 5.42. The molecule has 0 bridgehead atoms. The molecule has 3 atom stereocenters. The van der Waals surface area contributed by atoms with Gasteiger partial charge in [-0.05, 0) is 55.2 Å². The zero-order valence-electron chi connectivity index (χ0n) is 18.1. The molecule has 1 saturated heterocycles. The van der Waals surface area contributed by atoms with Crippen LogP contribution in [-0.4, -0.2) is 35.7 Å². The highest BCUT2D eigenvalue weighted by Crippen LogP contribution is 2.46. The van der Waals surface area contributed by atoms with Crippen molar-refractivity contribution in [3.63, 3.8) is 0 Å². The highest BCUT2D eigenvalue weighted by atomic mass is 16.2. The Bertz CT molecular complexity index is 983. The summed E-state index contributed by atoms with van der Waals surface area (Å²) in [6.07, 6.45) is 3.00. The summed E-state index contributed by atoms with van der Waals surface area (Å²) >= 11 is 0. The molecular formula is C25H29N3O3. The first-order chi connectivity index (χ1) is 15.0. The van der Waals surface area contributed by atoms with Crippen LogP contribution in [0.25, 0.3) is 0 Å². The third kappa shape index (κ3) is 4.63. The molecule has 2 aliphatic rings. The normalized spacial score (nSPS) is 20.8. The van der Waals surface area contributed by atoms with Gasteiger partial charge in [0, 0.05) is 13.1 Å². The number of carbonyl (C=O) groups is 3. The summed E-state index contributed by atoms with van der Waals surface area (Å²) in [4.78, 5) is 40.3. The summed E-state index contributed by atoms with van der Waals surface area (Å²) in [5, 5.41) is 5.63. The van der Waals surface area contributed by atoms with Gasteiger partial charge < -0.3 is 15.5 Å². The molecule has 2 N–H and O–H groups in total. The van der Waals surface area contributed by atoms with Gasteiger partial charge in [0.1, 0.15) is 0 Å². The molecule has 2 aromatic carbocycles. The van der Waals surface area contributed by atoms with E-state index in [1.807, 2.05) is 43.3 Å². The second kappa shape index (κ2) is 8.92. The van der Waals surface area contributed by atoms with Crippen LogP contribution in [0.4, 0.5) is 5.69 Å². The van der Waals surface area contributed by atoms with Crippen LogP contribution in [0.3, 0.4) is 0 Å². The van der Waals surface area contributed by atoms with Crippen LogP contribution in [0.5, 0.6) is 0 Å². The van der Waals surface area contributed by atoms with E-state index in [0.29, 0.717) is 23.1 Å². The number of rotatable bonds is 5.